The Balaban J connectivity index is 2.22. The summed E-state index contributed by atoms with van der Waals surface area (Å²) in [5.41, 5.74) is 1.26. The van der Waals surface area contributed by atoms with Crippen LogP contribution in [0, 0.1) is 0 Å². The van der Waals surface area contributed by atoms with Crippen molar-refractivity contribution in [1.29, 1.82) is 0 Å². The van der Waals surface area contributed by atoms with Gasteiger partial charge in [0.2, 0.25) is 0 Å². The smallest absolute Gasteiger partial charge is 0.0706 e. The van der Waals surface area contributed by atoms with Crippen molar-refractivity contribution in [3.05, 3.63) is 23.9 Å². The van der Waals surface area contributed by atoms with Gasteiger partial charge in [-0.1, -0.05) is 19.1 Å². The summed E-state index contributed by atoms with van der Waals surface area (Å²) >= 11 is 0. The molecule has 0 aromatic heterocycles. The van der Waals surface area contributed by atoms with Gasteiger partial charge >= 0.3 is 0 Å². The Bertz CT molecular complexity index is 226. The van der Waals surface area contributed by atoms with Gasteiger partial charge in [0.15, 0.2) is 0 Å². The highest BCUT2D eigenvalue weighted by atomic mass is 14.9. The van der Waals surface area contributed by atoms with Crippen molar-refractivity contribution in [2.45, 2.75) is 32.7 Å². The quantitative estimate of drug-likeness (QED) is 0.701. The Labute approximate surface area is 80.4 Å². The summed E-state index contributed by atoms with van der Waals surface area (Å²) in [5.74, 6) is 0. The normalized spacial score (nSPS) is 22.0. The lowest BCUT2D eigenvalue weighted by molar-refractivity contribution is 0.626. The number of dihydropyridines is 1. The third kappa shape index (κ3) is 3.92. The molecule has 2 heteroatoms. The minimum absolute atomic E-state index is 0.421. The second-order valence-electron chi connectivity index (χ2n) is 3.29. The fraction of sp³-hybridized carbons (Fsp3) is 0.545. The van der Waals surface area contributed by atoms with Gasteiger partial charge in [-0.05, 0) is 25.8 Å². The molecule has 13 heavy (non-hydrogen) atoms. The molecule has 0 saturated heterocycles. The van der Waals surface area contributed by atoms with Gasteiger partial charge in [-0.15, -0.1) is 0 Å². The number of nitrogens with one attached hydrogen (secondary N) is 1. The molecule has 0 aromatic carbocycles. The minimum atomic E-state index is 0.421. The molecule has 1 heterocycles. The molecule has 0 aromatic rings. The maximum absolute atomic E-state index is 4.36. The summed E-state index contributed by atoms with van der Waals surface area (Å²) in [5, 5.41) is 3.37. The molecule has 1 aliphatic heterocycles. The van der Waals surface area contributed by atoms with Crippen molar-refractivity contribution < 1.29 is 0 Å². The van der Waals surface area contributed by atoms with Crippen LogP contribution in [0.1, 0.15) is 26.7 Å². The lowest BCUT2D eigenvalue weighted by atomic mass is 10.1. The number of hydrogen-bond acceptors (Lipinski definition) is 2. The first-order valence-corrected chi connectivity index (χ1v) is 4.92. The van der Waals surface area contributed by atoms with Crippen molar-refractivity contribution in [2.24, 2.45) is 4.99 Å². The number of allylic oxidation sites excluding steroid dienone is 3. The zero-order valence-electron chi connectivity index (χ0n) is 8.46. The summed E-state index contributed by atoms with van der Waals surface area (Å²) in [6, 6.07) is 0.421. The predicted molar refractivity (Wildman–Crippen MR) is 58.1 cm³/mol. The van der Waals surface area contributed by atoms with Crippen LogP contribution in [0.3, 0.4) is 0 Å². The van der Waals surface area contributed by atoms with Gasteiger partial charge < -0.3 is 5.32 Å². The van der Waals surface area contributed by atoms with E-state index in [0.717, 1.165) is 19.4 Å². The van der Waals surface area contributed by atoms with Gasteiger partial charge in [0, 0.05) is 18.5 Å². The van der Waals surface area contributed by atoms with Crippen LogP contribution < -0.4 is 5.32 Å². The molecular weight excluding hydrogens is 160 g/mol. The Kier molecular flexibility index (Phi) is 4.30. The first kappa shape index (κ1) is 10.0. The molecule has 0 saturated carbocycles. The van der Waals surface area contributed by atoms with Crippen LogP contribution in [0.4, 0.5) is 0 Å². The molecule has 0 radical (unpaired) electrons. The van der Waals surface area contributed by atoms with Gasteiger partial charge in [0.05, 0.1) is 6.04 Å². The van der Waals surface area contributed by atoms with Crippen molar-refractivity contribution in [3.8, 4) is 0 Å². The minimum Gasteiger partial charge on any atom is -0.387 e. The van der Waals surface area contributed by atoms with Gasteiger partial charge in [0.1, 0.15) is 0 Å². The van der Waals surface area contributed by atoms with Crippen LogP contribution in [-0.4, -0.2) is 18.8 Å². The molecular formula is C11H18N2. The zero-order valence-corrected chi connectivity index (χ0v) is 8.46. The van der Waals surface area contributed by atoms with E-state index >= 15 is 0 Å². The van der Waals surface area contributed by atoms with Crippen LogP contribution >= 0.6 is 0 Å². The second kappa shape index (κ2) is 5.57. The predicted octanol–water partition coefficient (Wildman–Crippen LogP) is 2.29. The summed E-state index contributed by atoms with van der Waals surface area (Å²) in [7, 11) is 0. The number of hydrogen-bond donors (Lipinski definition) is 1. The molecule has 0 amide bonds. The van der Waals surface area contributed by atoms with Crippen LogP contribution in [-0.2, 0) is 0 Å². The van der Waals surface area contributed by atoms with Gasteiger partial charge in [-0.25, -0.2) is 0 Å². The summed E-state index contributed by atoms with van der Waals surface area (Å²) in [6.07, 6.45) is 10.4. The average molecular weight is 178 g/mol. The number of rotatable bonds is 4. The summed E-state index contributed by atoms with van der Waals surface area (Å²) in [4.78, 5) is 4.36. The third-order valence-corrected chi connectivity index (χ3v) is 2.05. The van der Waals surface area contributed by atoms with Crippen molar-refractivity contribution in [1.82, 2.24) is 5.32 Å². The highest BCUT2D eigenvalue weighted by Crippen LogP contribution is 2.02. The molecule has 1 rings (SSSR count). The summed E-state index contributed by atoms with van der Waals surface area (Å²) < 4.78 is 0. The lowest BCUT2D eigenvalue weighted by Gasteiger charge is -2.14. The molecule has 1 aliphatic rings. The highest BCUT2D eigenvalue weighted by Gasteiger charge is 2.04. The Morgan fingerprint density at radius 3 is 3.15 bits per heavy atom. The third-order valence-electron chi connectivity index (χ3n) is 2.05. The standard InChI is InChI=1S/C11H18N2/c1-3-6-10(2)13-9-11-7-4-5-8-12-11/h4-6,8,11,13H,3,7,9H2,1-2H3/b10-6+. The van der Waals surface area contributed by atoms with E-state index in [9.17, 15) is 0 Å². The van der Waals surface area contributed by atoms with E-state index in [1.165, 1.54) is 5.70 Å². The molecule has 72 valence electrons. The zero-order chi connectivity index (χ0) is 9.52. The fourth-order valence-corrected chi connectivity index (χ4v) is 1.32. The van der Waals surface area contributed by atoms with Gasteiger partial charge in [-0.3, -0.25) is 4.99 Å². The fourth-order valence-electron chi connectivity index (χ4n) is 1.32. The Hall–Kier alpha value is -1.05. The molecule has 1 unspecified atom stereocenters. The molecule has 1 atom stereocenters. The highest BCUT2D eigenvalue weighted by molar-refractivity contribution is 5.72. The molecule has 2 nitrogen and oxygen atoms in total. The molecule has 0 fully saturated rings. The van der Waals surface area contributed by atoms with E-state index in [1.54, 1.807) is 0 Å². The topological polar surface area (TPSA) is 24.4 Å². The van der Waals surface area contributed by atoms with Crippen LogP contribution in [0.2, 0.25) is 0 Å². The summed E-state index contributed by atoms with van der Waals surface area (Å²) in [6.45, 7) is 5.20. The van der Waals surface area contributed by atoms with E-state index in [4.69, 9.17) is 0 Å². The van der Waals surface area contributed by atoms with E-state index in [-0.39, 0.29) is 0 Å². The Morgan fingerprint density at radius 1 is 1.69 bits per heavy atom. The van der Waals surface area contributed by atoms with Gasteiger partial charge in [0.25, 0.3) is 0 Å². The molecule has 0 spiro atoms. The van der Waals surface area contributed by atoms with Crippen LogP contribution in [0.25, 0.3) is 0 Å². The van der Waals surface area contributed by atoms with E-state index in [0.29, 0.717) is 6.04 Å². The monoisotopic (exact) mass is 178 g/mol. The van der Waals surface area contributed by atoms with E-state index in [2.05, 4.69) is 36.3 Å². The van der Waals surface area contributed by atoms with Crippen molar-refractivity contribution in [2.75, 3.05) is 6.54 Å². The molecule has 0 aliphatic carbocycles. The van der Waals surface area contributed by atoms with E-state index < -0.39 is 0 Å². The molecule has 1 N–H and O–H groups in total. The maximum Gasteiger partial charge on any atom is 0.0706 e. The SMILES string of the molecule is CC/C=C(\C)NCC1CC=CC=N1. The number of nitrogens with zero attached hydrogens (tertiary/aromatic N) is 1. The molecule has 0 bridgehead atoms. The Morgan fingerprint density at radius 2 is 2.54 bits per heavy atom. The van der Waals surface area contributed by atoms with Crippen molar-refractivity contribution >= 4 is 6.21 Å². The van der Waals surface area contributed by atoms with E-state index in [1.807, 2.05) is 12.3 Å². The van der Waals surface area contributed by atoms with Gasteiger partial charge in [-0.2, -0.15) is 0 Å². The largest absolute Gasteiger partial charge is 0.387 e. The maximum atomic E-state index is 4.36. The average Bonchev–Trinajstić information content (AvgIpc) is 2.17. The lowest BCUT2D eigenvalue weighted by Crippen LogP contribution is -2.24. The van der Waals surface area contributed by atoms with Crippen LogP contribution in [0.15, 0.2) is 28.9 Å². The second-order valence-corrected chi connectivity index (χ2v) is 3.29. The van der Waals surface area contributed by atoms with Crippen molar-refractivity contribution in [3.63, 3.8) is 0 Å². The first-order chi connectivity index (χ1) is 6.33. The van der Waals surface area contributed by atoms with Crippen LogP contribution in [0.5, 0.6) is 0 Å². The number of aliphatic imine (C=N–C) groups is 1. The first-order valence-electron chi connectivity index (χ1n) is 4.92.